The predicted octanol–water partition coefficient (Wildman–Crippen LogP) is 2.12. The molecule has 0 radical (unpaired) electrons. The van der Waals surface area contributed by atoms with Gasteiger partial charge in [0.15, 0.2) is 5.69 Å². The third-order valence-corrected chi connectivity index (χ3v) is 2.73. The summed E-state index contributed by atoms with van der Waals surface area (Å²) in [6.45, 7) is 2.69. The normalized spacial score (nSPS) is 10.2. The van der Waals surface area contributed by atoms with E-state index in [1.807, 2.05) is 37.1 Å². The van der Waals surface area contributed by atoms with Crippen molar-refractivity contribution in [1.29, 1.82) is 0 Å². The van der Waals surface area contributed by atoms with Crippen molar-refractivity contribution in [3.63, 3.8) is 0 Å². The second-order valence-corrected chi connectivity index (χ2v) is 4.41. The molecule has 1 aromatic heterocycles. The highest BCUT2D eigenvalue weighted by Gasteiger charge is 2.09. The summed E-state index contributed by atoms with van der Waals surface area (Å²) in [6.07, 6.45) is 2.80. The molecule has 0 aliphatic rings. The van der Waals surface area contributed by atoms with E-state index in [1.54, 1.807) is 6.20 Å². The van der Waals surface area contributed by atoms with E-state index in [2.05, 4.69) is 16.0 Å². The maximum absolute atomic E-state index is 10.9. The molecule has 0 amide bonds. The Kier molecular flexibility index (Phi) is 3.75. The molecule has 0 fully saturated rings. The van der Waals surface area contributed by atoms with Gasteiger partial charge in [0.25, 0.3) is 0 Å². The van der Waals surface area contributed by atoms with Crippen molar-refractivity contribution in [3.05, 3.63) is 53.5 Å². The van der Waals surface area contributed by atoms with Crippen LogP contribution in [0.4, 0.5) is 5.82 Å². The Morgan fingerprint density at radius 1 is 1.37 bits per heavy atom. The zero-order valence-corrected chi connectivity index (χ0v) is 10.9. The lowest BCUT2D eigenvalue weighted by atomic mass is 10.1. The molecule has 1 N–H and O–H groups in total. The molecule has 2 aromatic rings. The molecule has 0 saturated heterocycles. The van der Waals surface area contributed by atoms with Gasteiger partial charge >= 0.3 is 5.97 Å². The van der Waals surface area contributed by atoms with Crippen molar-refractivity contribution in [3.8, 4) is 0 Å². The van der Waals surface area contributed by atoms with Gasteiger partial charge in [-0.15, -0.1) is 0 Å². The van der Waals surface area contributed by atoms with Gasteiger partial charge in [-0.3, -0.25) is 4.98 Å². The van der Waals surface area contributed by atoms with Crippen LogP contribution in [0.5, 0.6) is 0 Å². The van der Waals surface area contributed by atoms with Gasteiger partial charge in [0.1, 0.15) is 5.82 Å². The number of aryl methyl sites for hydroxylation is 1. The Balaban J connectivity index is 2.18. The molecule has 5 nitrogen and oxygen atoms in total. The fourth-order valence-corrected chi connectivity index (χ4v) is 1.81. The molecule has 5 heteroatoms. The molecule has 2 rings (SSSR count). The maximum atomic E-state index is 10.9. The predicted molar refractivity (Wildman–Crippen MR) is 72.3 cm³/mol. The van der Waals surface area contributed by atoms with Crippen LogP contribution in [0.2, 0.25) is 0 Å². The summed E-state index contributed by atoms with van der Waals surface area (Å²) in [5, 5.41) is 8.90. The molecule has 0 spiro atoms. The average molecular weight is 257 g/mol. The highest BCUT2D eigenvalue weighted by atomic mass is 16.4. The summed E-state index contributed by atoms with van der Waals surface area (Å²) in [5.74, 6) is -0.528. The number of hydrogen-bond donors (Lipinski definition) is 1. The SMILES string of the molecule is Cc1cccc(CN(C)c2cncc(C(=O)O)n2)c1. The summed E-state index contributed by atoms with van der Waals surface area (Å²) in [5.41, 5.74) is 2.29. The number of carbonyl (C=O) groups is 1. The van der Waals surface area contributed by atoms with Crippen LogP contribution in [0, 0.1) is 6.92 Å². The summed E-state index contributed by atoms with van der Waals surface area (Å²) in [4.78, 5) is 20.7. The first-order chi connectivity index (χ1) is 9.06. The molecular formula is C14H15N3O2. The first kappa shape index (κ1) is 13.0. The minimum atomic E-state index is -1.07. The van der Waals surface area contributed by atoms with Gasteiger partial charge in [0.2, 0.25) is 0 Å². The van der Waals surface area contributed by atoms with Crippen LogP contribution >= 0.6 is 0 Å². The number of carboxylic acid groups (broad SMARTS) is 1. The van der Waals surface area contributed by atoms with Gasteiger partial charge in [-0.25, -0.2) is 9.78 Å². The molecule has 0 aliphatic carbocycles. The topological polar surface area (TPSA) is 66.3 Å². The molecule has 0 bridgehead atoms. The van der Waals surface area contributed by atoms with E-state index in [1.165, 1.54) is 11.8 Å². The van der Waals surface area contributed by atoms with Crippen molar-refractivity contribution in [2.75, 3.05) is 11.9 Å². The first-order valence-corrected chi connectivity index (χ1v) is 5.88. The Bertz CT molecular complexity index is 599. The molecule has 1 aromatic carbocycles. The lowest BCUT2D eigenvalue weighted by Crippen LogP contribution is -2.19. The molecule has 0 unspecified atom stereocenters. The number of nitrogens with zero attached hydrogens (tertiary/aromatic N) is 3. The molecule has 0 aliphatic heterocycles. The zero-order valence-electron chi connectivity index (χ0n) is 10.9. The standard InChI is InChI=1S/C14H15N3O2/c1-10-4-3-5-11(6-10)9-17(2)13-8-15-7-12(16-13)14(18)19/h3-8H,9H2,1-2H3,(H,18,19). The number of aromatic nitrogens is 2. The maximum Gasteiger partial charge on any atom is 0.356 e. The third-order valence-electron chi connectivity index (χ3n) is 2.73. The van der Waals surface area contributed by atoms with Crippen LogP contribution in [-0.2, 0) is 6.54 Å². The van der Waals surface area contributed by atoms with Gasteiger partial charge in [0.05, 0.1) is 12.4 Å². The fourth-order valence-electron chi connectivity index (χ4n) is 1.81. The molecule has 98 valence electrons. The van der Waals surface area contributed by atoms with E-state index < -0.39 is 5.97 Å². The lowest BCUT2D eigenvalue weighted by molar-refractivity contribution is 0.0690. The van der Waals surface area contributed by atoms with E-state index in [9.17, 15) is 4.79 Å². The van der Waals surface area contributed by atoms with Crippen molar-refractivity contribution in [1.82, 2.24) is 9.97 Å². The average Bonchev–Trinajstić information content (AvgIpc) is 2.39. The van der Waals surface area contributed by atoms with Crippen molar-refractivity contribution in [2.24, 2.45) is 0 Å². The number of rotatable bonds is 4. The monoisotopic (exact) mass is 257 g/mol. The second-order valence-electron chi connectivity index (χ2n) is 4.41. The molecule has 0 atom stereocenters. The lowest BCUT2D eigenvalue weighted by Gasteiger charge is -2.18. The summed E-state index contributed by atoms with van der Waals surface area (Å²) >= 11 is 0. The fraction of sp³-hybridized carbons (Fsp3) is 0.214. The Morgan fingerprint density at radius 2 is 2.16 bits per heavy atom. The van der Waals surface area contributed by atoms with Crippen molar-refractivity contribution < 1.29 is 9.90 Å². The van der Waals surface area contributed by atoms with E-state index in [0.29, 0.717) is 12.4 Å². The molecule has 19 heavy (non-hydrogen) atoms. The van der Waals surface area contributed by atoms with Gasteiger partial charge in [0, 0.05) is 13.6 Å². The van der Waals surface area contributed by atoms with Crippen LogP contribution in [0.15, 0.2) is 36.7 Å². The van der Waals surface area contributed by atoms with Gasteiger partial charge in [-0.1, -0.05) is 29.8 Å². The van der Waals surface area contributed by atoms with E-state index >= 15 is 0 Å². The first-order valence-electron chi connectivity index (χ1n) is 5.88. The minimum absolute atomic E-state index is 0.0476. The highest BCUT2D eigenvalue weighted by Crippen LogP contribution is 2.13. The second kappa shape index (κ2) is 5.48. The Hall–Kier alpha value is -2.43. The van der Waals surface area contributed by atoms with E-state index in [0.717, 1.165) is 5.56 Å². The smallest absolute Gasteiger partial charge is 0.356 e. The van der Waals surface area contributed by atoms with Crippen LogP contribution in [-0.4, -0.2) is 28.1 Å². The number of hydrogen-bond acceptors (Lipinski definition) is 4. The zero-order chi connectivity index (χ0) is 13.8. The highest BCUT2D eigenvalue weighted by molar-refractivity contribution is 5.85. The number of carboxylic acids is 1. The quantitative estimate of drug-likeness (QED) is 0.908. The van der Waals surface area contributed by atoms with E-state index in [4.69, 9.17) is 5.11 Å². The van der Waals surface area contributed by atoms with Crippen LogP contribution in [0.1, 0.15) is 21.6 Å². The minimum Gasteiger partial charge on any atom is -0.476 e. The summed E-state index contributed by atoms with van der Waals surface area (Å²) < 4.78 is 0. The number of aromatic carboxylic acids is 1. The largest absolute Gasteiger partial charge is 0.476 e. The Labute approximate surface area is 111 Å². The van der Waals surface area contributed by atoms with Crippen molar-refractivity contribution >= 4 is 11.8 Å². The van der Waals surface area contributed by atoms with E-state index in [-0.39, 0.29) is 5.69 Å². The molecule has 1 heterocycles. The van der Waals surface area contributed by atoms with Gasteiger partial charge in [-0.05, 0) is 12.5 Å². The molecule has 0 saturated carbocycles. The van der Waals surface area contributed by atoms with Crippen LogP contribution in [0.25, 0.3) is 0 Å². The van der Waals surface area contributed by atoms with Crippen molar-refractivity contribution in [2.45, 2.75) is 13.5 Å². The van der Waals surface area contributed by atoms with Crippen LogP contribution < -0.4 is 4.90 Å². The number of benzene rings is 1. The number of anilines is 1. The molecular weight excluding hydrogens is 242 g/mol. The van der Waals surface area contributed by atoms with Gasteiger partial charge in [-0.2, -0.15) is 0 Å². The third kappa shape index (κ3) is 3.28. The Morgan fingerprint density at radius 3 is 2.84 bits per heavy atom. The summed E-state index contributed by atoms with van der Waals surface area (Å²) in [7, 11) is 1.86. The van der Waals surface area contributed by atoms with Gasteiger partial charge < -0.3 is 10.0 Å². The van der Waals surface area contributed by atoms with Crippen LogP contribution in [0.3, 0.4) is 0 Å². The summed E-state index contributed by atoms with van der Waals surface area (Å²) in [6, 6.07) is 8.15.